The highest BCUT2D eigenvalue weighted by molar-refractivity contribution is 14.0. The van der Waals surface area contributed by atoms with Gasteiger partial charge in [0.2, 0.25) is 0 Å². The highest BCUT2D eigenvalue weighted by Crippen LogP contribution is 2.27. The molecule has 2 aromatic carbocycles. The average molecular weight is 506 g/mol. The molecular weight excluding hydrogens is 471 g/mol. The molecule has 1 aliphatic rings. The molecule has 0 radical (unpaired) electrons. The molecule has 29 heavy (non-hydrogen) atoms. The van der Waals surface area contributed by atoms with Gasteiger partial charge in [-0.05, 0) is 49.9 Å². The van der Waals surface area contributed by atoms with E-state index in [1.165, 1.54) is 37.1 Å². The summed E-state index contributed by atoms with van der Waals surface area (Å²) in [5.74, 6) is 2.01. The number of halogens is 1. The first-order chi connectivity index (χ1) is 13.8. The Morgan fingerprint density at radius 2 is 1.66 bits per heavy atom. The molecule has 0 aromatic heterocycles. The third kappa shape index (κ3) is 7.63. The molecule has 1 unspecified atom stereocenters. The lowest BCUT2D eigenvalue weighted by molar-refractivity contribution is 0.210. The minimum absolute atomic E-state index is 0. The van der Waals surface area contributed by atoms with E-state index >= 15 is 0 Å². The maximum Gasteiger partial charge on any atom is 0.190 e. The molecule has 3 rings (SSSR count). The Morgan fingerprint density at radius 1 is 1.03 bits per heavy atom. The summed E-state index contributed by atoms with van der Waals surface area (Å²) in [5.41, 5.74) is 2.73. The predicted octanol–water partition coefficient (Wildman–Crippen LogP) is 4.33. The molecule has 1 aliphatic heterocycles. The van der Waals surface area contributed by atoms with Gasteiger partial charge in [-0.15, -0.1) is 24.0 Å². The Hall–Kier alpha value is -1.60. The van der Waals surface area contributed by atoms with Crippen molar-refractivity contribution < 1.29 is 0 Å². The van der Waals surface area contributed by atoms with Crippen LogP contribution in [0.3, 0.4) is 0 Å². The molecule has 2 aromatic rings. The Morgan fingerprint density at radius 3 is 2.21 bits per heavy atom. The lowest BCUT2D eigenvalue weighted by atomic mass is 9.88. The number of aliphatic imine (C=N–C) groups is 1. The van der Waals surface area contributed by atoms with E-state index in [0.29, 0.717) is 11.8 Å². The lowest BCUT2D eigenvalue weighted by Crippen LogP contribution is -2.43. The lowest BCUT2D eigenvalue weighted by Gasteiger charge is -2.30. The van der Waals surface area contributed by atoms with Crippen molar-refractivity contribution in [1.82, 2.24) is 15.5 Å². The average Bonchev–Trinajstić information content (AvgIpc) is 2.74. The first kappa shape index (κ1) is 23.7. The molecule has 4 nitrogen and oxygen atoms in total. The minimum atomic E-state index is 0. The zero-order valence-electron chi connectivity index (χ0n) is 17.7. The van der Waals surface area contributed by atoms with Crippen molar-refractivity contribution in [1.29, 1.82) is 0 Å². The standard InChI is InChI=1S/C24H34N4.HI/c1-25-24(27-18-20-10-9-17-28(2)19-20)26-16-15-23(21-11-5-3-6-12-21)22-13-7-4-8-14-22;/h3-8,11-14,20,23H,9-10,15-19H2,1-2H3,(H2,25,26,27);1H. The van der Waals surface area contributed by atoms with E-state index in [9.17, 15) is 0 Å². The van der Waals surface area contributed by atoms with Crippen LogP contribution in [0, 0.1) is 5.92 Å². The first-order valence-electron chi connectivity index (χ1n) is 10.5. The number of hydrogen-bond acceptors (Lipinski definition) is 2. The first-order valence-corrected chi connectivity index (χ1v) is 10.5. The molecule has 0 bridgehead atoms. The van der Waals surface area contributed by atoms with Gasteiger partial charge in [0.15, 0.2) is 5.96 Å². The summed E-state index contributed by atoms with van der Waals surface area (Å²) in [5, 5.41) is 7.04. The van der Waals surface area contributed by atoms with Crippen molar-refractivity contribution in [3.8, 4) is 0 Å². The summed E-state index contributed by atoms with van der Waals surface area (Å²) in [6.07, 6.45) is 3.63. The van der Waals surface area contributed by atoms with E-state index in [2.05, 4.69) is 88.2 Å². The smallest absolute Gasteiger partial charge is 0.190 e. The van der Waals surface area contributed by atoms with Crippen LogP contribution < -0.4 is 10.6 Å². The summed E-state index contributed by atoms with van der Waals surface area (Å²) >= 11 is 0. The number of nitrogens with one attached hydrogen (secondary N) is 2. The molecule has 1 saturated heterocycles. The summed E-state index contributed by atoms with van der Waals surface area (Å²) in [4.78, 5) is 6.84. The normalized spacial score (nSPS) is 17.6. The van der Waals surface area contributed by atoms with Gasteiger partial charge in [0, 0.05) is 32.6 Å². The van der Waals surface area contributed by atoms with Crippen molar-refractivity contribution in [3.63, 3.8) is 0 Å². The number of hydrogen-bond donors (Lipinski definition) is 2. The van der Waals surface area contributed by atoms with Gasteiger partial charge in [0.25, 0.3) is 0 Å². The third-order valence-electron chi connectivity index (χ3n) is 5.63. The fourth-order valence-electron chi connectivity index (χ4n) is 4.13. The molecule has 1 atom stereocenters. The van der Waals surface area contributed by atoms with Gasteiger partial charge in [-0.3, -0.25) is 4.99 Å². The predicted molar refractivity (Wildman–Crippen MR) is 134 cm³/mol. The maximum atomic E-state index is 4.41. The largest absolute Gasteiger partial charge is 0.356 e. The monoisotopic (exact) mass is 506 g/mol. The number of benzene rings is 2. The van der Waals surface area contributed by atoms with E-state index in [1.54, 1.807) is 0 Å². The van der Waals surface area contributed by atoms with E-state index in [-0.39, 0.29) is 24.0 Å². The van der Waals surface area contributed by atoms with Crippen LogP contribution >= 0.6 is 24.0 Å². The van der Waals surface area contributed by atoms with Gasteiger partial charge in [-0.25, -0.2) is 0 Å². The van der Waals surface area contributed by atoms with Crippen molar-refractivity contribution >= 4 is 29.9 Å². The second-order valence-corrected chi connectivity index (χ2v) is 7.81. The number of nitrogens with zero attached hydrogens (tertiary/aromatic N) is 2. The van der Waals surface area contributed by atoms with Gasteiger partial charge < -0.3 is 15.5 Å². The van der Waals surface area contributed by atoms with Crippen LogP contribution in [0.4, 0.5) is 0 Å². The zero-order valence-corrected chi connectivity index (χ0v) is 20.0. The minimum Gasteiger partial charge on any atom is -0.356 e. The summed E-state index contributed by atoms with van der Waals surface area (Å²) in [6, 6.07) is 21.6. The molecule has 1 heterocycles. The molecular formula is C24H35IN4. The van der Waals surface area contributed by atoms with E-state index in [4.69, 9.17) is 0 Å². The fraction of sp³-hybridized carbons (Fsp3) is 0.458. The van der Waals surface area contributed by atoms with Gasteiger partial charge in [0.1, 0.15) is 0 Å². The second kappa shape index (κ2) is 12.9. The third-order valence-corrected chi connectivity index (χ3v) is 5.63. The fourth-order valence-corrected chi connectivity index (χ4v) is 4.13. The van der Waals surface area contributed by atoms with Crippen LogP contribution in [0.25, 0.3) is 0 Å². The summed E-state index contributed by atoms with van der Waals surface area (Å²) in [6.45, 7) is 4.28. The maximum absolute atomic E-state index is 4.41. The van der Waals surface area contributed by atoms with Crippen molar-refractivity contribution in [2.45, 2.75) is 25.2 Å². The highest BCUT2D eigenvalue weighted by Gasteiger charge is 2.17. The van der Waals surface area contributed by atoms with E-state index in [1.807, 2.05) is 7.05 Å². The van der Waals surface area contributed by atoms with Crippen LogP contribution in [0.15, 0.2) is 65.7 Å². The van der Waals surface area contributed by atoms with Crippen molar-refractivity contribution in [3.05, 3.63) is 71.8 Å². The molecule has 0 aliphatic carbocycles. The summed E-state index contributed by atoms with van der Waals surface area (Å²) in [7, 11) is 4.07. The quantitative estimate of drug-likeness (QED) is 0.334. The van der Waals surface area contributed by atoms with Crippen LogP contribution in [0.5, 0.6) is 0 Å². The van der Waals surface area contributed by atoms with E-state index < -0.39 is 0 Å². The Labute approximate surface area is 193 Å². The number of rotatable bonds is 7. The molecule has 1 fully saturated rings. The van der Waals surface area contributed by atoms with Gasteiger partial charge >= 0.3 is 0 Å². The Bertz CT molecular complexity index is 681. The molecule has 158 valence electrons. The molecule has 0 amide bonds. The zero-order chi connectivity index (χ0) is 19.6. The van der Waals surface area contributed by atoms with E-state index in [0.717, 1.165) is 25.5 Å². The van der Waals surface area contributed by atoms with Crippen molar-refractivity contribution in [2.75, 3.05) is 40.3 Å². The van der Waals surface area contributed by atoms with Gasteiger partial charge in [0.05, 0.1) is 0 Å². The van der Waals surface area contributed by atoms with Crippen LogP contribution in [-0.2, 0) is 0 Å². The molecule has 2 N–H and O–H groups in total. The topological polar surface area (TPSA) is 39.7 Å². The SMILES string of the molecule is CN=C(NCCC(c1ccccc1)c1ccccc1)NCC1CCCN(C)C1.I. The van der Waals surface area contributed by atoms with Gasteiger partial charge in [-0.2, -0.15) is 0 Å². The second-order valence-electron chi connectivity index (χ2n) is 7.81. The van der Waals surface area contributed by atoms with Crippen LogP contribution in [0.1, 0.15) is 36.3 Å². The number of piperidine rings is 1. The van der Waals surface area contributed by atoms with Gasteiger partial charge in [-0.1, -0.05) is 60.7 Å². The number of guanidine groups is 1. The van der Waals surface area contributed by atoms with Crippen LogP contribution in [-0.4, -0.2) is 51.1 Å². The van der Waals surface area contributed by atoms with Crippen LogP contribution in [0.2, 0.25) is 0 Å². The Balaban J connectivity index is 0.00000300. The van der Waals surface area contributed by atoms with Crippen molar-refractivity contribution in [2.24, 2.45) is 10.9 Å². The molecule has 0 spiro atoms. The molecule has 5 heteroatoms. The summed E-state index contributed by atoms with van der Waals surface area (Å²) < 4.78 is 0. The Kier molecular flexibility index (Phi) is 10.5. The number of likely N-dealkylation sites (tertiary alicyclic amines) is 1. The molecule has 0 saturated carbocycles. The highest BCUT2D eigenvalue weighted by atomic mass is 127.